The normalized spacial score (nSPS) is 10.5. The summed E-state index contributed by atoms with van der Waals surface area (Å²) < 4.78 is 10.4. The number of benzene rings is 3. The average Bonchev–Trinajstić information content (AvgIpc) is 2.87. The molecule has 0 amide bonds. The van der Waals surface area contributed by atoms with E-state index in [0.717, 1.165) is 41.5 Å². The van der Waals surface area contributed by atoms with Crippen molar-refractivity contribution in [2.24, 2.45) is 0 Å². The first-order valence-corrected chi connectivity index (χ1v) is 11.8. The van der Waals surface area contributed by atoms with Gasteiger partial charge in [0.05, 0.1) is 6.61 Å². The summed E-state index contributed by atoms with van der Waals surface area (Å²) in [7, 11) is 0. The van der Waals surface area contributed by atoms with E-state index >= 15 is 0 Å². The first kappa shape index (κ1) is 25.7. The first-order chi connectivity index (χ1) is 16.8. The fraction of sp³-hybridized carbons (Fsp3) is 0.226. The maximum atomic E-state index is 11.7. The lowest BCUT2D eigenvalue weighted by atomic mass is 9.97. The number of rotatable bonds is 11. The van der Waals surface area contributed by atoms with Crippen LogP contribution in [0.15, 0.2) is 97.1 Å². The van der Waals surface area contributed by atoms with E-state index in [4.69, 9.17) is 9.47 Å². The van der Waals surface area contributed by atoms with E-state index in [1.165, 1.54) is 11.1 Å². The molecular weight excluding hydrogens is 436 g/mol. The van der Waals surface area contributed by atoms with Crippen LogP contribution in [0, 0.1) is 0 Å². The summed E-state index contributed by atoms with van der Waals surface area (Å²) in [6.07, 6.45) is 2.70. The van der Waals surface area contributed by atoms with Crippen LogP contribution in [0.1, 0.15) is 37.8 Å². The highest BCUT2D eigenvalue weighted by molar-refractivity contribution is 5.87. The van der Waals surface area contributed by atoms with E-state index in [9.17, 15) is 9.59 Å². The molecule has 0 unspecified atom stereocenters. The van der Waals surface area contributed by atoms with Crippen LogP contribution >= 0.6 is 0 Å². The largest absolute Gasteiger partial charge is 0.462 e. The van der Waals surface area contributed by atoms with Crippen molar-refractivity contribution in [1.82, 2.24) is 0 Å². The van der Waals surface area contributed by atoms with Crippen LogP contribution in [-0.4, -0.2) is 18.5 Å². The number of ether oxygens (including phenoxy) is 2. The van der Waals surface area contributed by atoms with Gasteiger partial charge >= 0.3 is 11.9 Å². The first-order valence-electron chi connectivity index (χ1n) is 11.8. The van der Waals surface area contributed by atoms with Gasteiger partial charge in [0.25, 0.3) is 0 Å². The number of hydrogen-bond acceptors (Lipinski definition) is 4. The smallest absolute Gasteiger partial charge is 0.333 e. The molecule has 3 aromatic carbocycles. The number of aryl methyl sites for hydroxylation is 1. The van der Waals surface area contributed by atoms with Crippen molar-refractivity contribution in [2.75, 3.05) is 6.61 Å². The fourth-order valence-corrected chi connectivity index (χ4v) is 3.59. The van der Waals surface area contributed by atoms with Crippen LogP contribution < -0.4 is 0 Å². The Bertz CT molecular complexity index is 1200. The predicted molar refractivity (Wildman–Crippen MR) is 141 cm³/mol. The summed E-state index contributed by atoms with van der Waals surface area (Å²) >= 11 is 0. The topological polar surface area (TPSA) is 52.6 Å². The standard InChI is InChI=1S/C31H32O4/c1-22(2)30(32)34-18-6-5-9-24-10-7-12-28(19-24)26-14-16-27(17-15-26)29-13-8-11-25(20-29)21-35-31(33)23(3)4/h7-8,10-17,19-20H,1,3,5-6,9,18,21H2,2,4H3. The SMILES string of the molecule is C=C(C)C(=O)OCCCCc1cccc(-c2ccc(-c3cccc(COC(=O)C(=C)C)c3)cc2)c1. The van der Waals surface area contributed by atoms with Crippen molar-refractivity contribution >= 4 is 11.9 Å². The molecule has 4 nitrogen and oxygen atoms in total. The molecule has 0 saturated heterocycles. The summed E-state index contributed by atoms with van der Waals surface area (Å²) in [4.78, 5) is 23.1. The van der Waals surface area contributed by atoms with Crippen LogP contribution in [0.2, 0.25) is 0 Å². The van der Waals surface area contributed by atoms with E-state index in [1.54, 1.807) is 13.8 Å². The van der Waals surface area contributed by atoms with Crippen molar-refractivity contribution in [3.05, 3.63) is 108 Å². The van der Waals surface area contributed by atoms with Gasteiger partial charge in [-0.05, 0) is 72.6 Å². The summed E-state index contributed by atoms with van der Waals surface area (Å²) in [5, 5.41) is 0. The fourth-order valence-electron chi connectivity index (χ4n) is 3.59. The Morgan fingerprint density at radius 3 is 1.74 bits per heavy atom. The minimum atomic E-state index is -0.381. The van der Waals surface area contributed by atoms with Gasteiger partial charge in [0.2, 0.25) is 0 Å². The Morgan fingerprint density at radius 2 is 1.17 bits per heavy atom. The second-order valence-electron chi connectivity index (χ2n) is 8.71. The van der Waals surface area contributed by atoms with Gasteiger partial charge in [0.1, 0.15) is 6.61 Å². The predicted octanol–water partition coefficient (Wildman–Crippen LogP) is 7.08. The molecule has 0 atom stereocenters. The third kappa shape index (κ3) is 7.82. The molecular formula is C31H32O4. The second-order valence-corrected chi connectivity index (χ2v) is 8.71. The minimum absolute atomic E-state index is 0.223. The maximum absolute atomic E-state index is 11.7. The Balaban J connectivity index is 1.59. The van der Waals surface area contributed by atoms with Gasteiger partial charge in [-0.15, -0.1) is 0 Å². The van der Waals surface area contributed by atoms with Crippen LogP contribution in [0.3, 0.4) is 0 Å². The molecule has 0 aliphatic carbocycles. The number of unbranched alkanes of at least 4 members (excludes halogenated alkanes) is 1. The second kappa shape index (κ2) is 12.5. The molecule has 3 aromatic rings. The van der Waals surface area contributed by atoms with Crippen molar-refractivity contribution in [3.8, 4) is 22.3 Å². The van der Waals surface area contributed by atoms with Gasteiger partial charge in [-0.2, -0.15) is 0 Å². The Labute approximate surface area is 207 Å². The highest BCUT2D eigenvalue weighted by Gasteiger charge is 2.06. The molecule has 0 heterocycles. The van der Waals surface area contributed by atoms with Crippen molar-refractivity contribution in [1.29, 1.82) is 0 Å². The molecule has 0 N–H and O–H groups in total. The number of esters is 2. The van der Waals surface area contributed by atoms with Gasteiger partial charge in [-0.1, -0.05) is 79.9 Å². The molecule has 0 spiro atoms. The lowest BCUT2D eigenvalue weighted by Crippen LogP contribution is -2.06. The molecule has 0 aliphatic heterocycles. The van der Waals surface area contributed by atoms with E-state index in [2.05, 4.69) is 61.7 Å². The molecule has 0 aliphatic rings. The Morgan fingerprint density at radius 1 is 0.657 bits per heavy atom. The Hall–Kier alpha value is -3.92. The molecule has 0 fully saturated rings. The third-order valence-electron chi connectivity index (χ3n) is 5.57. The number of carbonyl (C=O) groups is 2. The highest BCUT2D eigenvalue weighted by atomic mass is 16.5. The van der Waals surface area contributed by atoms with Crippen molar-refractivity contribution < 1.29 is 19.1 Å². The van der Waals surface area contributed by atoms with Crippen molar-refractivity contribution in [2.45, 2.75) is 39.7 Å². The molecule has 4 heteroatoms. The van der Waals surface area contributed by atoms with Gasteiger partial charge in [0.15, 0.2) is 0 Å². The minimum Gasteiger partial charge on any atom is -0.462 e. The zero-order valence-corrected chi connectivity index (χ0v) is 20.5. The molecule has 0 radical (unpaired) electrons. The van der Waals surface area contributed by atoms with Crippen molar-refractivity contribution in [3.63, 3.8) is 0 Å². The zero-order valence-electron chi connectivity index (χ0n) is 20.5. The number of hydrogen-bond donors (Lipinski definition) is 0. The van der Waals surface area contributed by atoms with E-state index in [0.29, 0.717) is 17.8 Å². The van der Waals surface area contributed by atoms with E-state index < -0.39 is 0 Å². The highest BCUT2D eigenvalue weighted by Crippen LogP contribution is 2.26. The zero-order chi connectivity index (χ0) is 25.2. The lowest BCUT2D eigenvalue weighted by Gasteiger charge is -2.09. The van der Waals surface area contributed by atoms with Crippen LogP contribution in [0.5, 0.6) is 0 Å². The average molecular weight is 469 g/mol. The maximum Gasteiger partial charge on any atom is 0.333 e. The van der Waals surface area contributed by atoms with Gasteiger partial charge < -0.3 is 9.47 Å². The molecule has 0 bridgehead atoms. The summed E-state index contributed by atoms with van der Waals surface area (Å²) in [6.45, 7) is 11.1. The van der Waals surface area contributed by atoms with E-state index in [-0.39, 0.29) is 18.5 Å². The summed E-state index contributed by atoms with van der Waals surface area (Å²) in [6, 6.07) is 25.0. The molecule has 0 aromatic heterocycles. The van der Waals surface area contributed by atoms with Crippen LogP contribution in [-0.2, 0) is 32.1 Å². The summed E-state index contributed by atoms with van der Waals surface area (Å²) in [5.41, 5.74) is 7.51. The Kier molecular flexibility index (Phi) is 9.19. The monoisotopic (exact) mass is 468 g/mol. The van der Waals surface area contributed by atoms with Crippen LogP contribution in [0.25, 0.3) is 22.3 Å². The lowest BCUT2D eigenvalue weighted by molar-refractivity contribution is -0.140. The molecule has 180 valence electrons. The van der Waals surface area contributed by atoms with Crippen LogP contribution in [0.4, 0.5) is 0 Å². The number of carbonyl (C=O) groups excluding carboxylic acids is 2. The third-order valence-corrected chi connectivity index (χ3v) is 5.57. The molecule has 0 saturated carbocycles. The molecule has 3 rings (SSSR count). The van der Waals surface area contributed by atoms with Gasteiger partial charge in [0, 0.05) is 11.1 Å². The summed E-state index contributed by atoms with van der Waals surface area (Å²) in [5.74, 6) is -0.707. The van der Waals surface area contributed by atoms with Gasteiger partial charge in [-0.25, -0.2) is 9.59 Å². The van der Waals surface area contributed by atoms with Gasteiger partial charge in [-0.3, -0.25) is 0 Å². The van der Waals surface area contributed by atoms with E-state index in [1.807, 2.05) is 24.3 Å². The molecule has 35 heavy (non-hydrogen) atoms. The quantitative estimate of drug-likeness (QED) is 0.171.